The largest absolute Gasteiger partial charge is 0.496 e. The van der Waals surface area contributed by atoms with Gasteiger partial charge in [-0.15, -0.1) is 0 Å². The van der Waals surface area contributed by atoms with Crippen molar-refractivity contribution in [3.8, 4) is 5.75 Å². The van der Waals surface area contributed by atoms with Gasteiger partial charge in [-0.3, -0.25) is 0 Å². The van der Waals surface area contributed by atoms with E-state index in [4.69, 9.17) is 4.74 Å². The number of likely N-dealkylation sites (N-methyl/N-ethyl adjacent to an activating group) is 1. The number of para-hydroxylation sites is 1. The van der Waals surface area contributed by atoms with E-state index in [1.807, 2.05) is 0 Å². The van der Waals surface area contributed by atoms with Crippen molar-refractivity contribution in [2.24, 2.45) is 29.6 Å². The molecule has 21 heavy (non-hydrogen) atoms. The lowest BCUT2D eigenvalue weighted by Gasteiger charge is -2.22. The molecule has 1 N–H and O–H groups in total. The molecule has 0 saturated heterocycles. The number of ether oxygens (including phenoxy) is 1. The van der Waals surface area contributed by atoms with E-state index in [9.17, 15) is 0 Å². The first-order valence-corrected chi connectivity index (χ1v) is 8.68. The number of rotatable bonds is 6. The molecule has 2 bridgehead atoms. The predicted molar refractivity (Wildman–Crippen MR) is 85.5 cm³/mol. The van der Waals surface area contributed by atoms with E-state index >= 15 is 0 Å². The minimum Gasteiger partial charge on any atom is -0.496 e. The van der Waals surface area contributed by atoms with Crippen LogP contribution in [0.3, 0.4) is 0 Å². The topological polar surface area (TPSA) is 21.3 Å². The van der Waals surface area contributed by atoms with Crippen LogP contribution in [0.1, 0.15) is 31.7 Å². The third-order valence-corrected chi connectivity index (χ3v) is 6.36. The molecule has 2 heteroatoms. The SMILES string of the molecule is CCNC(Cc1ccccc1OC)C1C2C3CCC(C3)C21. The van der Waals surface area contributed by atoms with Crippen molar-refractivity contribution in [3.63, 3.8) is 0 Å². The Hall–Kier alpha value is -1.02. The Bertz CT molecular complexity index is 498. The number of methoxy groups -OCH3 is 1. The molecule has 3 saturated carbocycles. The maximum absolute atomic E-state index is 5.55. The molecule has 5 unspecified atom stereocenters. The minimum atomic E-state index is 0.643. The molecule has 1 aromatic carbocycles. The summed E-state index contributed by atoms with van der Waals surface area (Å²) >= 11 is 0. The molecule has 0 amide bonds. The third-order valence-electron chi connectivity index (χ3n) is 6.36. The quantitative estimate of drug-likeness (QED) is 0.863. The Labute approximate surface area is 128 Å². The first kappa shape index (κ1) is 13.6. The smallest absolute Gasteiger partial charge is 0.122 e. The maximum Gasteiger partial charge on any atom is 0.122 e. The monoisotopic (exact) mass is 285 g/mol. The zero-order valence-corrected chi connectivity index (χ0v) is 13.2. The van der Waals surface area contributed by atoms with E-state index < -0.39 is 0 Å². The molecule has 0 aromatic heterocycles. The summed E-state index contributed by atoms with van der Waals surface area (Å²) in [5.74, 6) is 6.19. The van der Waals surface area contributed by atoms with Gasteiger partial charge < -0.3 is 10.1 Å². The van der Waals surface area contributed by atoms with Crippen molar-refractivity contribution in [1.82, 2.24) is 5.32 Å². The van der Waals surface area contributed by atoms with Crippen LogP contribution in [-0.4, -0.2) is 19.7 Å². The van der Waals surface area contributed by atoms with Crippen LogP contribution in [0.4, 0.5) is 0 Å². The van der Waals surface area contributed by atoms with Crippen LogP contribution < -0.4 is 10.1 Å². The van der Waals surface area contributed by atoms with Gasteiger partial charge in [-0.05, 0) is 73.4 Å². The lowest BCUT2D eigenvalue weighted by atomic mass is 9.93. The fraction of sp³-hybridized carbons (Fsp3) is 0.684. The summed E-state index contributed by atoms with van der Waals surface area (Å²) in [4.78, 5) is 0. The molecular formula is C19H27NO. The van der Waals surface area contributed by atoms with E-state index in [-0.39, 0.29) is 0 Å². The molecule has 0 heterocycles. The maximum atomic E-state index is 5.55. The fourth-order valence-corrected chi connectivity index (χ4v) is 5.65. The second-order valence-electron chi connectivity index (χ2n) is 7.25. The Morgan fingerprint density at radius 3 is 2.57 bits per heavy atom. The van der Waals surface area contributed by atoms with Crippen LogP contribution in [0.5, 0.6) is 5.75 Å². The van der Waals surface area contributed by atoms with Crippen LogP contribution in [0.25, 0.3) is 0 Å². The van der Waals surface area contributed by atoms with Crippen LogP contribution in [0.15, 0.2) is 24.3 Å². The lowest BCUT2D eigenvalue weighted by molar-refractivity contribution is 0.358. The molecule has 5 atom stereocenters. The van der Waals surface area contributed by atoms with E-state index in [0.717, 1.165) is 48.3 Å². The van der Waals surface area contributed by atoms with Crippen LogP contribution >= 0.6 is 0 Å². The zero-order valence-electron chi connectivity index (χ0n) is 13.2. The van der Waals surface area contributed by atoms with Gasteiger partial charge in [0.1, 0.15) is 5.75 Å². The van der Waals surface area contributed by atoms with E-state index in [0.29, 0.717) is 6.04 Å². The molecule has 0 aliphatic heterocycles. The van der Waals surface area contributed by atoms with Gasteiger partial charge in [-0.1, -0.05) is 25.1 Å². The van der Waals surface area contributed by atoms with Crippen molar-refractivity contribution >= 4 is 0 Å². The average molecular weight is 285 g/mol. The van der Waals surface area contributed by atoms with Gasteiger partial charge >= 0.3 is 0 Å². The number of hydrogen-bond acceptors (Lipinski definition) is 2. The van der Waals surface area contributed by atoms with E-state index in [1.54, 1.807) is 13.5 Å². The lowest BCUT2D eigenvalue weighted by Crippen LogP contribution is -2.35. The molecule has 1 aromatic rings. The average Bonchev–Trinajstić information content (AvgIpc) is 2.94. The summed E-state index contributed by atoms with van der Waals surface area (Å²) in [5, 5.41) is 3.79. The summed E-state index contributed by atoms with van der Waals surface area (Å²) in [6.07, 6.45) is 5.68. The summed E-state index contributed by atoms with van der Waals surface area (Å²) < 4.78 is 5.55. The number of nitrogens with one attached hydrogen (secondary N) is 1. The normalized spacial score (nSPS) is 37.3. The summed E-state index contributed by atoms with van der Waals surface area (Å²) in [6, 6.07) is 9.17. The van der Waals surface area contributed by atoms with Crippen LogP contribution in [0, 0.1) is 29.6 Å². The van der Waals surface area contributed by atoms with Gasteiger partial charge in [0.25, 0.3) is 0 Å². The van der Waals surface area contributed by atoms with Gasteiger partial charge in [0.2, 0.25) is 0 Å². The first-order chi connectivity index (χ1) is 10.3. The van der Waals surface area contributed by atoms with Crippen LogP contribution in [-0.2, 0) is 6.42 Å². The van der Waals surface area contributed by atoms with Crippen molar-refractivity contribution in [1.29, 1.82) is 0 Å². The summed E-state index contributed by atoms with van der Waals surface area (Å²) in [6.45, 7) is 3.31. The van der Waals surface area contributed by atoms with Gasteiger partial charge in [0, 0.05) is 6.04 Å². The molecule has 2 nitrogen and oxygen atoms in total. The second kappa shape index (κ2) is 5.31. The van der Waals surface area contributed by atoms with Crippen LogP contribution in [0.2, 0.25) is 0 Å². The van der Waals surface area contributed by atoms with Gasteiger partial charge in [0.15, 0.2) is 0 Å². The van der Waals surface area contributed by atoms with Gasteiger partial charge in [-0.25, -0.2) is 0 Å². The molecule has 0 radical (unpaired) electrons. The third kappa shape index (κ3) is 2.19. The standard InChI is InChI=1S/C19H27NO/c1-3-20-15(11-12-6-4-5-7-16(12)21-2)19-17-13-8-9-14(10-13)18(17)19/h4-7,13-15,17-20H,3,8-11H2,1-2H3. The highest BCUT2D eigenvalue weighted by atomic mass is 16.5. The summed E-state index contributed by atoms with van der Waals surface area (Å²) in [5.41, 5.74) is 1.36. The Morgan fingerprint density at radius 1 is 1.19 bits per heavy atom. The van der Waals surface area contributed by atoms with E-state index in [2.05, 4.69) is 36.5 Å². The van der Waals surface area contributed by atoms with Gasteiger partial charge in [0.05, 0.1) is 7.11 Å². The fourth-order valence-electron chi connectivity index (χ4n) is 5.65. The van der Waals surface area contributed by atoms with Gasteiger partial charge in [-0.2, -0.15) is 0 Å². The molecule has 114 valence electrons. The Balaban J connectivity index is 1.51. The summed E-state index contributed by atoms with van der Waals surface area (Å²) in [7, 11) is 1.78. The second-order valence-corrected chi connectivity index (χ2v) is 7.25. The molecule has 3 aliphatic rings. The first-order valence-electron chi connectivity index (χ1n) is 8.68. The molecule has 4 rings (SSSR count). The van der Waals surface area contributed by atoms with Crippen molar-refractivity contribution < 1.29 is 4.74 Å². The highest BCUT2D eigenvalue weighted by molar-refractivity contribution is 5.34. The van der Waals surface area contributed by atoms with E-state index in [1.165, 1.54) is 18.4 Å². The Morgan fingerprint density at radius 2 is 1.90 bits per heavy atom. The number of fused-ring (bicyclic) bond motifs is 5. The number of hydrogen-bond donors (Lipinski definition) is 1. The highest BCUT2D eigenvalue weighted by Gasteiger charge is 2.66. The zero-order chi connectivity index (χ0) is 14.4. The molecule has 0 spiro atoms. The predicted octanol–water partition coefficient (Wildman–Crippen LogP) is 3.51. The highest BCUT2D eigenvalue weighted by Crippen LogP contribution is 2.70. The molecule has 3 aliphatic carbocycles. The van der Waals surface area contributed by atoms with Crippen molar-refractivity contribution in [2.75, 3.05) is 13.7 Å². The van der Waals surface area contributed by atoms with Crippen molar-refractivity contribution in [2.45, 2.75) is 38.6 Å². The van der Waals surface area contributed by atoms with Crippen molar-refractivity contribution in [3.05, 3.63) is 29.8 Å². The molecule has 3 fully saturated rings. The minimum absolute atomic E-state index is 0.643. The number of benzene rings is 1. The molecular weight excluding hydrogens is 258 g/mol. The Kier molecular flexibility index (Phi) is 3.45.